The van der Waals surface area contributed by atoms with E-state index in [4.69, 9.17) is 9.47 Å². The molecular formula is C19H21F2N3O3. The Kier molecular flexibility index (Phi) is 4.64. The van der Waals surface area contributed by atoms with Gasteiger partial charge in [0, 0.05) is 13.1 Å². The number of hydrogen-bond donors (Lipinski definition) is 1. The molecule has 1 saturated heterocycles. The van der Waals surface area contributed by atoms with Gasteiger partial charge in [0.25, 0.3) is 0 Å². The van der Waals surface area contributed by atoms with Gasteiger partial charge in [0.15, 0.2) is 11.6 Å². The fourth-order valence-electron chi connectivity index (χ4n) is 4.14. The van der Waals surface area contributed by atoms with Gasteiger partial charge in [0.05, 0.1) is 12.6 Å². The van der Waals surface area contributed by atoms with Crippen LogP contribution in [-0.2, 0) is 4.79 Å². The van der Waals surface area contributed by atoms with E-state index in [1.807, 2.05) is 4.90 Å². The SMILES string of the molecule is N#CC1(NC(=O)CN2C[C@@H]3Oc4c(F)ccc(F)c4O[C@@H]3C2)CCCCC1. The van der Waals surface area contributed by atoms with Gasteiger partial charge in [-0.3, -0.25) is 9.69 Å². The molecule has 0 unspecified atom stereocenters. The number of rotatable bonds is 3. The maximum atomic E-state index is 13.9. The summed E-state index contributed by atoms with van der Waals surface area (Å²) < 4.78 is 39.0. The second-order valence-electron chi connectivity index (χ2n) is 7.50. The largest absolute Gasteiger partial charge is 0.478 e. The van der Waals surface area contributed by atoms with Gasteiger partial charge in [0.1, 0.15) is 17.7 Å². The Morgan fingerprint density at radius 2 is 1.70 bits per heavy atom. The summed E-state index contributed by atoms with van der Waals surface area (Å²) in [4.78, 5) is 14.3. The van der Waals surface area contributed by atoms with E-state index < -0.39 is 29.4 Å². The molecule has 27 heavy (non-hydrogen) atoms. The molecule has 2 atom stereocenters. The van der Waals surface area contributed by atoms with Crippen molar-refractivity contribution < 1.29 is 23.0 Å². The van der Waals surface area contributed by atoms with Gasteiger partial charge in [-0.15, -0.1) is 0 Å². The highest BCUT2D eigenvalue weighted by atomic mass is 19.1. The second-order valence-corrected chi connectivity index (χ2v) is 7.50. The lowest BCUT2D eigenvalue weighted by molar-refractivity contribution is -0.123. The van der Waals surface area contributed by atoms with E-state index in [0.29, 0.717) is 25.9 Å². The molecule has 2 heterocycles. The predicted octanol–water partition coefficient (Wildman–Crippen LogP) is 2.13. The average molecular weight is 377 g/mol. The highest BCUT2D eigenvalue weighted by Crippen LogP contribution is 2.40. The fourth-order valence-corrected chi connectivity index (χ4v) is 4.14. The van der Waals surface area contributed by atoms with Crippen LogP contribution in [0.4, 0.5) is 8.78 Å². The van der Waals surface area contributed by atoms with Crippen molar-refractivity contribution in [3.63, 3.8) is 0 Å². The second kappa shape index (κ2) is 6.97. The lowest BCUT2D eigenvalue weighted by Gasteiger charge is -2.32. The van der Waals surface area contributed by atoms with Crippen LogP contribution < -0.4 is 14.8 Å². The Morgan fingerprint density at radius 1 is 1.15 bits per heavy atom. The Hall–Kier alpha value is -2.40. The number of ether oxygens (including phenoxy) is 2. The van der Waals surface area contributed by atoms with Crippen LogP contribution in [0.1, 0.15) is 32.1 Å². The molecule has 6 nitrogen and oxygen atoms in total. The minimum Gasteiger partial charge on any atom is -0.478 e. The van der Waals surface area contributed by atoms with Crippen molar-refractivity contribution in [2.45, 2.75) is 49.9 Å². The molecule has 4 rings (SSSR count). The minimum atomic E-state index is -0.780. The van der Waals surface area contributed by atoms with E-state index in [2.05, 4.69) is 11.4 Å². The molecule has 2 fully saturated rings. The molecule has 1 aromatic carbocycles. The number of amides is 1. The number of carbonyl (C=O) groups excluding carboxylic acids is 1. The number of nitriles is 1. The summed E-state index contributed by atoms with van der Waals surface area (Å²) in [5.41, 5.74) is -0.780. The zero-order valence-electron chi connectivity index (χ0n) is 14.8. The number of carbonyl (C=O) groups is 1. The zero-order chi connectivity index (χ0) is 19.0. The topological polar surface area (TPSA) is 74.6 Å². The molecule has 1 aromatic rings. The number of benzene rings is 1. The first-order valence-corrected chi connectivity index (χ1v) is 9.26. The Bertz CT molecular complexity index is 750. The number of fused-ring (bicyclic) bond motifs is 2. The van der Waals surface area contributed by atoms with Gasteiger partial charge in [-0.2, -0.15) is 5.26 Å². The summed E-state index contributed by atoms with van der Waals surface area (Å²) in [6.07, 6.45) is 3.33. The normalized spacial score (nSPS) is 26.1. The van der Waals surface area contributed by atoms with Crippen molar-refractivity contribution in [1.29, 1.82) is 5.26 Å². The molecule has 0 radical (unpaired) electrons. The summed E-state index contributed by atoms with van der Waals surface area (Å²) in [6, 6.07) is 4.27. The van der Waals surface area contributed by atoms with Crippen molar-refractivity contribution >= 4 is 5.91 Å². The van der Waals surface area contributed by atoms with Crippen LogP contribution in [0.2, 0.25) is 0 Å². The molecule has 1 amide bonds. The lowest BCUT2D eigenvalue weighted by atomic mass is 9.83. The molecule has 0 bridgehead atoms. The summed E-state index contributed by atoms with van der Waals surface area (Å²) >= 11 is 0. The smallest absolute Gasteiger partial charge is 0.235 e. The van der Waals surface area contributed by atoms with E-state index in [-0.39, 0.29) is 24.0 Å². The van der Waals surface area contributed by atoms with Crippen molar-refractivity contribution in [3.05, 3.63) is 23.8 Å². The zero-order valence-corrected chi connectivity index (χ0v) is 14.8. The van der Waals surface area contributed by atoms with Gasteiger partial charge in [-0.25, -0.2) is 8.78 Å². The summed E-state index contributed by atoms with van der Waals surface area (Å²) in [6.45, 7) is 0.824. The number of nitrogens with one attached hydrogen (secondary N) is 1. The average Bonchev–Trinajstić information content (AvgIpc) is 3.05. The van der Waals surface area contributed by atoms with Crippen molar-refractivity contribution in [2.24, 2.45) is 0 Å². The van der Waals surface area contributed by atoms with Crippen LogP contribution >= 0.6 is 0 Å². The molecule has 0 aromatic heterocycles. The van der Waals surface area contributed by atoms with Crippen LogP contribution in [0.25, 0.3) is 0 Å². The van der Waals surface area contributed by atoms with Gasteiger partial charge in [0.2, 0.25) is 17.4 Å². The van der Waals surface area contributed by atoms with Crippen molar-refractivity contribution in [1.82, 2.24) is 10.2 Å². The van der Waals surface area contributed by atoms with Crippen molar-refractivity contribution in [3.8, 4) is 17.6 Å². The van der Waals surface area contributed by atoms with E-state index in [0.717, 1.165) is 31.4 Å². The summed E-state index contributed by atoms with van der Waals surface area (Å²) in [5.74, 6) is -2.00. The molecule has 8 heteroatoms. The van der Waals surface area contributed by atoms with Gasteiger partial charge >= 0.3 is 0 Å². The van der Waals surface area contributed by atoms with E-state index in [1.54, 1.807) is 0 Å². The molecule has 3 aliphatic rings. The maximum absolute atomic E-state index is 13.9. The van der Waals surface area contributed by atoms with Gasteiger partial charge in [-0.1, -0.05) is 19.3 Å². The lowest BCUT2D eigenvalue weighted by Crippen LogP contribution is -2.51. The number of nitrogens with zero attached hydrogens (tertiary/aromatic N) is 2. The minimum absolute atomic E-state index is 0.0878. The van der Waals surface area contributed by atoms with E-state index in [9.17, 15) is 18.8 Å². The Labute approximate surface area is 156 Å². The first kappa shape index (κ1) is 18.0. The van der Waals surface area contributed by atoms with Crippen LogP contribution in [0.15, 0.2) is 12.1 Å². The Balaban J connectivity index is 1.38. The number of halogens is 2. The summed E-state index contributed by atoms with van der Waals surface area (Å²) in [5, 5.41) is 12.4. The number of hydrogen-bond acceptors (Lipinski definition) is 5. The molecule has 1 aliphatic carbocycles. The first-order valence-electron chi connectivity index (χ1n) is 9.26. The van der Waals surface area contributed by atoms with Gasteiger partial charge < -0.3 is 14.8 Å². The maximum Gasteiger partial charge on any atom is 0.235 e. The quantitative estimate of drug-likeness (QED) is 0.874. The van der Waals surface area contributed by atoms with Gasteiger partial charge in [-0.05, 0) is 25.0 Å². The molecule has 1 N–H and O–H groups in total. The molecule has 2 aliphatic heterocycles. The molecular weight excluding hydrogens is 356 g/mol. The van der Waals surface area contributed by atoms with Crippen LogP contribution in [0, 0.1) is 23.0 Å². The Morgan fingerprint density at radius 3 is 2.22 bits per heavy atom. The molecule has 1 saturated carbocycles. The summed E-state index contributed by atoms with van der Waals surface area (Å²) in [7, 11) is 0. The first-order chi connectivity index (χ1) is 13.0. The highest BCUT2D eigenvalue weighted by molar-refractivity contribution is 5.79. The highest BCUT2D eigenvalue weighted by Gasteiger charge is 2.43. The molecule has 0 spiro atoms. The van der Waals surface area contributed by atoms with Crippen molar-refractivity contribution in [2.75, 3.05) is 19.6 Å². The van der Waals surface area contributed by atoms with E-state index >= 15 is 0 Å². The number of likely N-dealkylation sites (tertiary alicyclic amines) is 1. The standard InChI is InChI=1S/C19H21F2N3O3/c20-12-4-5-13(21)18-17(12)26-14-8-24(9-15(14)27-18)10-16(25)23-19(11-22)6-2-1-3-7-19/h4-5,14-15H,1-3,6-10H2,(H,23,25)/t14-,15+. The monoisotopic (exact) mass is 377 g/mol. The van der Waals surface area contributed by atoms with Crippen LogP contribution in [-0.4, -0.2) is 48.2 Å². The van der Waals surface area contributed by atoms with Crippen LogP contribution in [0.5, 0.6) is 11.5 Å². The predicted molar refractivity (Wildman–Crippen MR) is 91.2 cm³/mol. The fraction of sp³-hybridized carbons (Fsp3) is 0.579. The third-order valence-corrected chi connectivity index (χ3v) is 5.51. The van der Waals surface area contributed by atoms with Crippen LogP contribution in [0.3, 0.4) is 0 Å². The third-order valence-electron chi connectivity index (χ3n) is 5.51. The van der Waals surface area contributed by atoms with E-state index in [1.165, 1.54) is 0 Å². The third kappa shape index (κ3) is 3.44. The molecule has 144 valence electrons.